The lowest BCUT2D eigenvalue weighted by atomic mass is 10.1. The molecule has 2 aromatic rings. The molecule has 1 N–H and O–H groups in total. The summed E-state index contributed by atoms with van der Waals surface area (Å²) >= 11 is 9.23. The van der Waals surface area contributed by atoms with Crippen LogP contribution in [0.3, 0.4) is 0 Å². The quantitative estimate of drug-likeness (QED) is 0.685. The molecular formula is C19H21BrN2S. The molecule has 0 unspecified atom stereocenters. The average Bonchev–Trinajstić information content (AvgIpc) is 3.38. The van der Waals surface area contributed by atoms with E-state index < -0.39 is 0 Å². The molecule has 0 spiro atoms. The van der Waals surface area contributed by atoms with Crippen molar-refractivity contribution in [1.29, 1.82) is 0 Å². The number of hydrogen-bond donors (Lipinski definition) is 1. The van der Waals surface area contributed by atoms with Crippen LogP contribution in [0.15, 0.2) is 59.1 Å². The number of benzene rings is 2. The summed E-state index contributed by atoms with van der Waals surface area (Å²) in [5.74, 6) is 0.765. The average molecular weight is 389 g/mol. The second kappa shape index (κ2) is 7.45. The van der Waals surface area contributed by atoms with Crippen LogP contribution in [0.25, 0.3) is 0 Å². The fourth-order valence-electron chi connectivity index (χ4n) is 2.78. The Bertz CT molecular complexity index is 670. The molecule has 0 aliphatic heterocycles. The van der Waals surface area contributed by atoms with Crippen LogP contribution in [0, 0.1) is 5.92 Å². The van der Waals surface area contributed by atoms with Crippen LogP contribution in [0.5, 0.6) is 0 Å². The van der Waals surface area contributed by atoms with Gasteiger partial charge in [-0.25, -0.2) is 0 Å². The first kappa shape index (κ1) is 16.5. The predicted molar refractivity (Wildman–Crippen MR) is 105 cm³/mol. The maximum absolute atomic E-state index is 5.72. The van der Waals surface area contributed by atoms with Crippen molar-refractivity contribution >= 4 is 38.9 Å². The van der Waals surface area contributed by atoms with Crippen molar-refractivity contribution in [1.82, 2.24) is 4.90 Å². The van der Waals surface area contributed by atoms with E-state index in [2.05, 4.69) is 69.5 Å². The van der Waals surface area contributed by atoms with Crippen LogP contribution >= 0.6 is 28.1 Å². The molecule has 1 atom stereocenters. The molecule has 3 rings (SSSR count). The van der Waals surface area contributed by atoms with Crippen LogP contribution in [-0.2, 0) is 6.54 Å². The van der Waals surface area contributed by atoms with Gasteiger partial charge in [0, 0.05) is 22.7 Å². The standard InChI is InChI=1S/C19H21BrN2S/c1-14(16-10-11-16)22(13-15-6-3-2-4-7-15)19(23)21-18-9-5-8-17(20)12-18/h2-9,12,14,16H,10-11,13H2,1H3,(H,21,23)/t14-/m0/s1. The van der Waals surface area contributed by atoms with E-state index in [9.17, 15) is 0 Å². The van der Waals surface area contributed by atoms with Crippen molar-refractivity contribution < 1.29 is 0 Å². The normalized spacial score (nSPS) is 15.0. The van der Waals surface area contributed by atoms with Crippen LogP contribution in [0.2, 0.25) is 0 Å². The SMILES string of the molecule is C[C@@H](C1CC1)N(Cc1ccccc1)C(=S)Nc1cccc(Br)c1. The highest BCUT2D eigenvalue weighted by Gasteiger charge is 2.33. The van der Waals surface area contributed by atoms with Gasteiger partial charge in [-0.2, -0.15) is 0 Å². The molecular weight excluding hydrogens is 368 g/mol. The fourth-order valence-corrected chi connectivity index (χ4v) is 3.52. The molecule has 1 aliphatic rings. The zero-order valence-electron chi connectivity index (χ0n) is 13.2. The van der Waals surface area contributed by atoms with E-state index in [1.165, 1.54) is 18.4 Å². The van der Waals surface area contributed by atoms with Gasteiger partial charge in [-0.1, -0.05) is 52.3 Å². The zero-order chi connectivity index (χ0) is 16.2. The molecule has 0 heterocycles. The van der Waals surface area contributed by atoms with Gasteiger partial charge in [0.05, 0.1) is 0 Å². The van der Waals surface area contributed by atoms with Crippen molar-refractivity contribution in [2.75, 3.05) is 5.32 Å². The van der Waals surface area contributed by atoms with Crippen molar-refractivity contribution in [2.24, 2.45) is 5.92 Å². The lowest BCUT2D eigenvalue weighted by molar-refractivity contribution is 0.298. The van der Waals surface area contributed by atoms with Crippen molar-refractivity contribution in [3.63, 3.8) is 0 Å². The third kappa shape index (κ3) is 4.55. The minimum absolute atomic E-state index is 0.461. The first-order valence-corrected chi connectivity index (χ1v) is 9.21. The number of nitrogens with one attached hydrogen (secondary N) is 1. The van der Waals surface area contributed by atoms with Crippen LogP contribution in [-0.4, -0.2) is 16.1 Å². The van der Waals surface area contributed by atoms with Crippen molar-refractivity contribution in [3.05, 3.63) is 64.6 Å². The molecule has 1 saturated carbocycles. The van der Waals surface area contributed by atoms with Gasteiger partial charge in [0.25, 0.3) is 0 Å². The van der Waals surface area contributed by atoms with Gasteiger partial charge in [0.2, 0.25) is 0 Å². The zero-order valence-corrected chi connectivity index (χ0v) is 15.6. The second-order valence-electron chi connectivity index (χ2n) is 6.13. The van der Waals surface area contributed by atoms with Crippen LogP contribution in [0.1, 0.15) is 25.3 Å². The summed E-state index contributed by atoms with van der Waals surface area (Å²) in [6, 6.07) is 19.1. The van der Waals surface area contributed by atoms with Gasteiger partial charge in [-0.3, -0.25) is 0 Å². The first-order chi connectivity index (χ1) is 11.1. The van der Waals surface area contributed by atoms with E-state index in [4.69, 9.17) is 12.2 Å². The van der Waals surface area contributed by atoms with E-state index in [1.807, 2.05) is 18.2 Å². The van der Waals surface area contributed by atoms with E-state index in [-0.39, 0.29) is 0 Å². The lowest BCUT2D eigenvalue weighted by Gasteiger charge is -2.32. The highest BCUT2D eigenvalue weighted by Crippen LogP contribution is 2.36. The Hall–Kier alpha value is -1.39. The fraction of sp³-hybridized carbons (Fsp3) is 0.316. The summed E-state index contributed by atoms with van der Waals surface area (Å²) in [6.07, 6.45) is 2.62. The molecule has 0 bridgehead atoms. The molecule has 120 valence electrons. The van der Waals surface area contributed by atoms with Gasteiger partial charge >= 0.3 is 0 Å². The summed E-state index contributed by atoms with van der Waals surface area (Å²) in [7, 11) is 0. The minimum Gasteiger partial charge on any atom is -0.342 e. The third-order valence-corrected chi connectivity index (χ3v) is 5.16. The van der Waals surface area contributed by atoms with E-state index in [0.29, 0.717) is 6.04 Å². The predicted octanol–water partition coefficient (Wildman–Crippen LogP) is 5.45. The van der Waals surface area contributed by atoms with Gasteiger partial charge < -0.3 is 10.2 Å². The number of anilines is 1. The highest BCUT2D eigenvalue weighted by molar-refractivity contribution is 9.10. The van der Waals surface area contributed by atoms with E-state index in [0.717, 1.165) is 27.7 Å². The Labute approximate surface area is 152 Å². The van der Waals surface area contributed by atoms with Crippen molar-refractivity contribution in [3.8, 4) is 0 Å². The largest absolute Gasteiger partial charge is 0.342 e. The van der Waals surface area contributed by atoms with Gasteiger partial charge in [-0.15, -0.1) is 0 Å². The number of thiocarbonyl (C=S) groups is 1. The lowest BCUT2D eigenvalue weighted by Crippen LogP contribution is -2.41. The smallest absolute Gasteiger partial charge is 0.173 e. The highest BCUT2D eigenvalue weighted by atomic mass is 79.9. The van der Waals surface area contributed by atoms with Crippen molar-refractivity contribution in [2.45, 2.75) is 32.4 Å². The summed E-state index contributed by atoms with van der Waals surface area (Å²) < 4.78 is 1.05. The Balaban J connectivity index is 1.75. The van der Waals surface area contributed by atoms with Gasteiger partial charge in [0.1, 0.15) is 0 Å². The Kier molecular flexibility index (Phi) is 5.34. The van der Waals surface area contributed by atoms with Gasteiger partial charge in [0.15, 0.2) is 5.11 Å². The Morgan fingerprint density at radius 2 is 1.96 bits per heavy atom. The molecule has 1 aliphatic carbocycles. The summed E-state index contributed by atoms with van der Waals surface area (Å²) in [5, 5.41) is 4.19. The number of rotatable bonds is 5. The summed E-state index contributed by atoms with van der Waals surface area (Å²) in [5.41, 5.74) is 2.31. The van der Waals surface area contributed by atoms with Crippen LogP contribution < -0.4 is 5.32 Å². The third-order valence-electron chi connectivity index (χ3n) is 4.33. The van der Waals surface area contributed by atoms with Crippen LogP contribution in [0.4, 0.5) is 5.69 Å². The second-order valence-corrected chi connectivity index (χ2v) is 7.43. The molecule has 0 aromatic heterocycles. The monoisotopic (exact) mass is 388 g/mol. The minimum atomic E-state index is 0.461. The Morgan fingerprint density at radius 1 is 1.22 bits per heavy atom. The molecule has 0 amide bonds. The maximum atomic E-state index is 5.72. The molecule has 2 aromatic carbocycles. The van der Waals surface area contributed by atoms with E-state index in [1.54, 1.807) is 0 Å². The number of hydrogen-bond acceptors (Lipinski definition) is 1. The summed E-state index contributed by atoms with van der Waals surface area (Å²) in [4.78, 5) is 2.32. The van der Waals surface area contributed by atoms with E-state index >= 15 is 0 Å². The molecule has 4 heteroatoms. The first-order valence-electron chi connectivity index (χ1n) is 8.00. The Morgan fingerprint density at radius 3 is 2.61 bits per heavy atom. The summed E-state index contributed by atoms with van der Waals surface area (Å²) in [6.45, 7) is 3.13. The molecule has 1 fully saturated rings. The maximum Gasteiger partial charge on any atom is 0.173 e. The molecule has 23 heavy (non-hydrogen) atoms. The molecule has 0 radical (unpaired) electrons. The molecule has 0 saturated heterocycles. The topological polar surface area (TPSA) is 15.3 Å². The van der Waals surface area contributed by atoms with Gasteiger partial charge in [-0.05, 0) is 61.7 Å². The molecule has 2 nitrogen and oxygen atoms in total. The number of nitrogens with zero attached hydrogens (tertiary/aromatic N) is 1. The number of halogens is 1.